The molecule has 2 aliphatic rings. The fourth-order valence-corrected chi connectivity index (χ4v) is 3.58. The van der Waals surface area contributed by atoms with Gasteiger partial charge in [0.05, 0.1) is 6.10 Å². The average Bonchev–Trinajstić information content (AvgIpc) is 2.64. The highest BCUT2D eigenvalue weighted by atomic mass is 16.5. The van der Waals surface area contributed by atoms with E-state index >= 15 is 0 Å². The lowest BCUT2D eigenvalue weighted by Crippen LogP contribution is -2.47. The summed E-state index contributed by atoms with van der Waals surface area (Å²) in [6, 6.07) is 0. The standard InChI is InChI=1S/C19H38N4O2/c1-3-19(24)20-8-4-9-22-13-15-23(16-14-22)10-5-17-25-18-6-11-21(2)12-7-18/h18H,3-17H2,1-2H3,(H,20,24). The van der Waals surface area contributed by atoms with Gasteiger partial charge in [-0.1, -0.05) is 6.92 Å². The zero-order chi connectivity index (χ0) is 17.9. The lowest BCUT2D eigenvalue weighted by atomic mass is 10.1. The van der Waals surface area contributed by atoms with Gasteiger partial charge in [0.15, 0.2) is 0 Å². The van der Waals surface area contributed by atoms with Crippen molar-refractivity contribution < 1.29 is 9.53 Å². The molecule has 2 rings (SSSR count). The fourth-order valence-electron chi connectivity index (χ4n) is 3.58. The Balaban J connectivity index is 1.43. The van der Waals surface area contributed by atoms with E-state index in [1.165, 1.54) is 25.9 Å². The van der Waals surface area contributed by atoms with Crippen LogP contribution in [0.2, 0.25) is 0 Å². The van der Waals surface area contributed by atoms with Crippen LogP contribution >= 0.6 is 0 Å². The smallest absolute Gasteiger partial charge is 0.219 e. The highest BCUT2D eigenvalue weighted by Crippen LogP contribution is 2.12. The number of hydrogen-bond acceptors (Lipinski definition) is 5. The minimum atomic E-state index is 0.160. The highest BCUT2D eigenvalue weighted by molar-refractivity contribution is 5.75. The normalized spacial score (nSPS) is 21.5. The molecule has 25 heavy (non-hydrogen) atoms. The molecule has 0 radical (unpaired) electrons. The Bertz CT molecular complexity index is 364. The first-order valence-electron chi connectivity index (χ1n) is 10.2. The first-order chi connectivity index (χ1) is 12.2. The van der Waals surface area contributed by atoms with Crippen LogP contribution in [0.4, 0.5) is 0 Å². The van der Waals surface area contributed by atoms with Crippen LogP contribution in [-0.4, -0.2) is 99.3 Å². The molecule has 0 aliphatic carbocycles. The van der Waals surface area contributed by atoms with Crippen molar-refractivity contribution in [2.24, 2.45) is 0 Å². The third-order valence-electron chi connectivity index (χ3n) is 5.40. The van der Waals surface area contributed by atoms with Crippen LogP contribution in [0, 0.1) is 0 Å². The molecule has 0 aromatic heterocycles. The van der Waals surface area contributed by atoms with Crippen LogP contribution in [0.5, 0.6) is 0 Å². The van der Waals surface area contributed by atoms with Crippen molar-refractivity contribution in [1.29, 1.82) is 0 Å². The predicted molar refractivity (Wildman–Crippen MR) is 102 cm³/mol. The second kappa shape index (κ2) is 11.8. The zero-order valence-corrected chi connectivity index (χ0v) is 16.3. The van der Waals surface area contributed by atoms with E-state index in [1.807, 2.05) is 6.92 Å². The molecule has 6 nitrogen and oxygen atoms in total. The molecule has 0 bridgehead atoms. The maximum atomic E-state index is 11.2. The van der Waals surface area contributed by atoms with E-state index in [-0.39, 0.29) is 5.91 Å². The Morgan fingerprint density at radius 2 is 1.60 bits per heavy atom. The zero-order valence-electron chi connectivity index (χ0n) is 16.3. The van der Waals surface area contributed by atoms with Crippen LogP contribution in [0.3, 0.4) is 0 Å². The number of nitrogens with one attached hydrogen (secondary N) is 1. The number of likely N-dealkylation sites (tertiary alicyclic amines) is 1. The highest BCUT2D eigenvalue weighted by Gasteiger charge is 2.18. The maximum Gasteiger partial charge on any atom is 0.219 e. The van der Waals surface area contributed by atoms with E-state index in [1.54, 1.807) is 0 Å². The van der Waals surface area contributed by atoms with Gasteiger partial charge >= 0.3 is 0 Å². The van der Waals surface area contributed by atoms with E-state index in [0.717, 1.165) is 65.3 Å². The van der Waals surface area contributed by atoms with Crippen molar-refractivity contribution in [1.82, 2.24) is 20.0 Å². The predicted octanol–water partition coefficient (Wildman–Crippen LogP) is 1.02. The fraction of sp³-hybridized carbons (Fsp3) is 0.947. The molecule has 2 fully saturated rings. The lowest BCUT2D eigenvalue weighted by Gasteiger charge is -2.35. The Morgan fingerprint density at radius 1 is 1.00 bits per heavy atom. The van der Waals surface area contributed by atoms with Crippen LogP contribution in [-0.2, 0) is 9.53 Å². The van der Waals surface area contributed by atoms with Gasteiger partial charge < -0.3 is 24.8 Å². The quantitative estimate of drug-likeness (QED) is 0.594. The monoisotopic (exact) mass is 354 g/mol. The molecule has 0 saturated carbocycles. The molecule has 2 aliphatic heterocycles. The second-order valence-corrected chi connectivity index (χ2v) is 7.47. The molecule has 2 heterocycles. The number of ether oxygens (including phenoxy) is 1. The Labute approximate surface area is 153 Å². The molecule has 0 unspecified atom stereocenters. The lowest BCUT2D eigenvalue weighted by molar-refractivity contribution is -0.120. The summed E-state index contributed by atoms with van der Waals surface area (Å²) in [4.78, 5) is 18.7. The number of amides is 1. The number of rotatable bonds is 10. The number of piperazine rings is 1. The number of piperidine rings is 1. The maximum absolute atomic E-state index is 11.2. The van der Waals surface area contributed by atoms with Gasteiger partial charge in [0.25, 0.3) is 0 Å². The summed E-state index contributed by atoms with van der Waals surface area (Å²) in [5, 5.41) is 2.95. The molecule has 0 atom stereocenters. The second-order valence-electron chi connectivity index (χ2n) is 7.47. The largest absolute Gasteiger partial charge is 0.378 e. The van der Waals surface area contributed by atoms with E-state index in [9.17, 15) is 4.79 Å². The summed E-state index contributed by atoms with van der Waals surface area (Å²) in [5.41, 5.74) is 0. The van der Waals surface area contributed by atoms with Crippen LogP contribution in [0.1, 0.15) is 39.0 Å². The number of nitrogens with zero attached hydrogens (tertiary/aromatic N) is 3. The molecule has 0 aromatic carbocycles. The average molecular weight is 355 g/mol. The van der Waals surface area contributed by atoms with Gasteiger partial charge in [-0.05, 0) is 39.3 Å². The van der Waals surface area contributed by atoms with E-state index in [2.05, 4.69) is 27.1 Å². The summed E-state index contributed by atoms with van der Waals surface area (Å²) < 4.78 is 6.04. The SMILES string of the molecule is CCC(=O)NCCCN1CCN(CCCOC2CCN(C)CC2)CC1. The van der Waals surface area contributed by atoms with Crippen molar-refractivity contribution in [3.63, 3.8) is 0 Å². The molecule has 0 spiro atoms. The van der Waals surface area contributed by atoms with Crippen LogP contribution in [0.25, 0.3) is 0 Å². The van der Waals surface area contributed by atoms with Gasteiger partial charge in [0, 0.05) is 65.4 Å². The number of carbonyl (C=O) groups excluding carboxylic acids is 1. The molecular weight excluding hydrogens is 316 g/mol. The molecule has 1 N–H and O–H groups in total. The Hall–Kier alpha value is -0.690. The van der Waals surface area contributed by atoms with Gasteiger partial charge in [-0.3, -0.25) is 4.79 Å². The van der Waals surface area contributed by atoms with Gasteiger partial charge in [-0.15, -0.1) is 0 Å². The minimum absolute atomic E-state index is 0.160. The summed E-state index contributed by atoms with van der Waals surface area (Å²) >= 11 is 0. The van der Waals surface area contributed by atoms with Crippen molar-refractivity contribution in [2.45, 2.75) is 45.1 Å². The molecule has 1 amide bonds. The van der Waals surface area contributed by atoms with E-state index in [4.69, 9.17) is 4.74 Å². The third-order valence-corrected chi connectivity index (χ3v) is 5.40. The van der Waals surface area contributed by atoms with Crippen LogP contribution in [0.15, 0.2) is 0 Å². The van der Waals surface area contributed by atoms with Crippen molar-refractivity contribution in [3.05, 3.63) is 0 Å². The summed E-state index contributed by atoms with van der Waals surface area (Å²) in [5.74, 6) is 0.160. The number of carbonyl (C=O) groups is 1. The van der Waals surface area contributed by atoms with Crippen molar-refractivity contribution in [3.8, 4) is 0 Å². The molecule has 146 valence electrons. The first kappa shape index (κ1) is 20.6. The molecule has 0 aromatic rings. The molecule has 2 saturated heterocycles. The molecule has 6 heteroatoms. The van der Waals surface area contributed by atoms with Gasteiger partial charge in [0.2, 0.25) is 5.91 Å². The van der Waals surface area contributed by atoms with Gasteiger partial charge in [0.1, 0.15) is 0 Å². The number of hydrogen-bond donors (Lipinski definition) is 1. The van der Waals surface area contributed by atoms with Gasteiger partial charge in [-0.25, -0.2) is 0 Å². The topological polar surface area (TPSA) is 48.1 Å². The van der Waals surface area contributed by atoms with E-state index in [0.29, 0.717) is 12.5 Å². The Kier molecular flexibility index (Phi) is 9.76. The summed E-state index contributed by atoms with van der Waals surface area (Å²) in [7, 11) is 2.19. The van der Waals surface area contributed by atoms with Crippen molar-refractivity contribution in [2.75, 3.05) is 72.6 Å². The third kappa shape index (κ3) is 8.49. The van der Waals surface area contributed by atoms with Gasteiger partial charge in [-0.2, -0.15) is 0 Å². The summed E-state index contributed by atoms with van der Waals surface area (Å²) in [6.07, 6.45) is 5.65. The minimum Gasteiger partial charge on any atom is -0.378 e. The molecular formula is C19H38N4O2. The first-order valence-corrected chi connectivity index (χ1v) is 10.2. The van der Waals surface area contributed by atoms with E-state index < -0.39 is 0 Å². The Morgan fingerprint density at radius 3 is 2.20 bits per heavy atom. The van der Waals surface area contributed by atoms with Crippen LogP contribution < -0.4 is 5.32 Å². The van der Waals surface area contributed by atoms with Crippen molar-refractivity contribution >= 4 is 5.91 Å². The summed E-state index contributed by atoms with van der Waals surface area (Å²) in [6.45, 7) is 12.8.